The van der Waals surface area contributed by atoms with Crippen molar-refractivity contribution < 1.29 is 9.13 Å². The third-order valence-electron chi connectivity index (χ3n) is 4.32. The van der Waals surface area contributed by atoms with Crippen LogP contribution in [0.1, 0.15) is 18.1 Å². The van der Waals surface area contributed by atoms with Crippen LogP contribution >= 0.6 is 0 Å². The Morgan fingerprint density at radius 3 is 2.62 bits per heavy atom. The summed E-state index contributed by atoms with van der Waals surface area (Å²) in [4.78, 5) is 0. The summed E-state index contributed by atoms with van der Waals surface area (Å²) in [6, 6.07) is 13.6. The highest BCUT2D eigenvalue weighted by Gasteiger charge is 2.16. The number of hydrogen-bond acceptors (Lipinski definition) is 2. The van der Waals surface area contributed by atoms with Crippen molar-refractivity contribution in [2.24, 2.45) is 0 Å². The molecule has 1 N–H and O–H groups in total. The zero-order valence-electron chi connectivity index (χ0n) is 14.2. The Labute approximate surface area is 142 Å². The number of rotatable bonds is 7. The van der Waals surface area contributed by atoms with Gasteiger partial charge in [-0.2, -0.15) is 0 Å². The molecule has 1 heterocycles. The fraction of sp³-hybridized carbons (Fsp3) is 0.300. The predicted octanol–water partition coefficient (Wildman–Crippen LogP) is 4.14. The molecule has 0 radical (unpaired) electrons. The Hall–Kier alpha value is -2.33. The molecule has 4 heteroatoms. The Balaban J connectivity index is 1.77. The van der Waals surface area contributed by atoms with Gasteiger partial charge in [0.05, 0.1) is 12.6 Å². The van der Waals surface area contributed by atoms with Crippen molar-refractivity contribution in [2.45, 2.75) is 26.4 Å². The van der Waals surface area contributed by atoms with E-state index in [0.717, 1.165) is 42.5 Å². The van der Waals surface area contributed by atoms with Crippen LogP contribution in [0.4, 0.5) is 4.39 Å². The molecular weight excluding hydrogens is 303 g/mol. The van der Waals surface area contributed by atoms with Gasteiger partial charge in [-0.3, -0.25) is 0 Å². The van der Waals surface area contributed by atoms with Crippen molar-refractivity contribution >= 4 is 10.9 Å². The smallest absolute Gasteiger partial charge is 0.165 e. The normalized spacial score (nSPS) is 11.1. The molecule has 0 spiro atoms. The number of benzene rings is 2. The molecule has 0 bridgehead atoms. The number of aryl methyl sites for hydroxylation is 1. The summed E-state index contributed by atoms with van der Waals surface area (Å²) in [5.74, 6) is 0.0371. The number of ether oxygens (including phenoxy) is 1. The largest absolute Gasteiger partial charge is 0.493 e. The molecule has 0 saturated heterocycles. The minimum absolute atomic E-state index is 0.308. The van der Waals surface area contributed by atoms with E-state index in [9.17, 15) is 4.39 Å². The first-order chi connectivity index (χ1) is 11.7. The summed E-state index contributed by atoms with van der Waals surface area (Å²) in [5.41, 5.74) is 3.40. The second-order valence-electron chi connectivity index (χ2n) is 5.83. The summed E-state index contributed by atoms with van der Waals surface area (Å²) in [5, 5.41) is 4.34. The molecule has 3 aromatic rings. The fourth-order valence-electron chi connectivity index (χ4n) is 3.12. The van der Waals surface area contributed by atoms with E-state index in [-0.39, 0.29) is 5.82 Å². The van der Waals surface area contributed by atoms with Crippen molar-refractivity contribution in [3.05, 3.63) is 65.6 Å². The Morgan fingerprint density at radius 2 is 1.92 bits per heavy atom. The SMILES string of the molecule is CCn1cc(CCNCc2ccccc2)c2c(OC)c(F)ccc21. The molecule has 0 fully saturated rings. The summed E-state index contributed by atoms with van der Waals surface area (Å²) in [6.45, 7) is 4.60. The molecular formula is C20H23FN2O. The molecule has 0 aliphatic rings. The molecule has 126 valence electrons. The zero-order valence-corrected chi connectivity index (χ0v) is 14.2. The maximum Gasteiger partial charge on any atom is 0.165 e. The van der Waals surface area contributed by atoms with Crippen LogP contribution in [0, 0.1) is 5.82 Å². The quantitative estimate of drug-likeness (QED) is 0.660. The van der Waals surface area contributed by atoms with Crippen LogP contribution in [0.5, 0.6) is 5.75 Å². The molecule has 0 amide bonds. The molecule has 0 atom stereocenters. The summed E-state index contributed by atoms with van der Waals surface area (Å²) < 4.78 is 21.5. The van der Waals surface area contributed by atoms with E-state index < -0.39 is 0 Å². The molecule has 0 saturated carbocycles. The maximum atomic E-state index is 14.1. The summed E-state index contributed by atoms with van der Waals surface area (Å²) in [6.07, 6.45) is 2.94. The number of methoxy groups -OCH3 is 1. The number of aromatic nitrogens is 1. The van der Waals surface area contributed by atoms with Gasteiger partial charge >= 0.3 is 0 Å². The van der Waals surface area contributed by atoms with E-state index in [1.807, 2.05) is 24.3 Å². The van der Waals surface area contributed by atoms with Crippen molar-refractivity contribution in [1.29, 1.82) is 0 Å². The van der Waals surface area contributed by atoms with E-state index in [1.165, 1.54) is 18.7 Å². The number of nitrogens with zero attached hydrogens (tertiary/aromatic N) is 1. The van der Waals surface area contributed by atoms with Crippen LogP contribution in [-0.4, -0.2) is 18.2 Å². The van der Waals surface area contributed by atoms with Gasteiger partial charge in [-0.05, 0) is 43.1 Å². The number of nitrogens with one attached hydrogen (secondary N) is 1. The van der Waals surface area contributed by atoms with Crippen molar-refractivity contribution in [2.75, 3.05) is 13.7 Å². The minimum Gasteiger partial charge on any atom is -0.493 e. The van der Waals surface area contributed by atoms with Crippen LogP contribution in [0.15, 0.2) is 48.7 Å². The molecule has 1 aromatic heterocycles. The minimum atomic E-state index is -0.308. The van der Waals surface area contributed by atoms with Crippen LogP contribution < -0.4 is 10.1 Å². The van der Waals surface area contributed by atoms with E-state index in [2.05, 4.69) is 35.1 Å². The zero-order chi connectivity index (χ0) is 16.9. The van der Waals surface area contributed by atoms with Crippen LogP contribution in [0.2, 0.25) is 0 Å². The summed E-state index contributed by atoms with van der Waals surface area (Å²) in [7, 11) is 1.53. The van der Waals surface area contributed by atoms with Crippen molar-refractivity contribution in [3.8, 4) is 5.75 Å². The third-order valence-corrected chi connectivity index (χ3v) is 4.32. The highest BCUT2D eigenvalue weighted by molar-refractivity contribution is 5.90. The van der Waals surface area contributed by atoms with Crippen LogP contribution in [0.25, 0.3) is 10.9 Å². The van der Waals surface area contributed by atoms with Gasteiger partial charge in [-0.25, -0.2) is 4.39 Å². The molecule has 0 aliphatic carbocycles. The second-order valence-corrected chi connectivity index (χ2v) is 5.83. The molecule has 2 aromatic carbocycles. The number of hydrogen-bond donors (Lipinski definition) is 1. The highest BCUT2D eigenvalue weighted by atomic mass is 19.1. The average molecular weight is 326 g/mol. The lowest BCUT2D eigenvalue weighted by atomic mass is 10.1. The summed E-state index contributed by atoms with van der Waals surface area (Å²) >= 11 is 0. The van der Waals surface area contributed by atoms with Gasteiger partial charge in [-0.15, -0.1) is 0 Å². The molecule has 3 nitrogen and oxygen atoms in total. The third kappa shape index (κ3) is 3.29. The van der Waals surface area contributed by atoms with Crippen molar-refractivity contribution in [1.82, 2.24) is 9.88 Å². The highest BCUT2D eigenvalue weighted by Crippen LogP contribution is 2.33. The van der Waals surface area contributed by atoms with E-state index in [0.29, 0.717) is 5.75 Å². The van der Waals surface area contributed by atoms with E-state index >= 15 is 0 Å². The van der Waals surface area contributed by atoms with E-state index in [4.69, 9.17) is 4.74 Å². The standard InChI is InChI=1S/C20H23FN2O/c1-3-23-14-16(11-12-22-13-15-7-5-4-6-8-15)19-18(23)10-9-17(21)20(19)24-2/h4-10,14,22H,3,11-13H2,1-2H3. The van der Waals surface area contributed by atoms with Crippen LogP contribution in [-0.2, 0) is 19.5 Å². The fourth-order valence-corrected chi connectivity index (χ4v) is 3.12. The van der Waals surface area contributed by atoms with Gasteiger partial charge in [0.1, 0.15) is 0 Å². The molecule has 3 rings (SSSR count). The van der Waals surface area contributed by atoms with Gasteiger partial charge in [0.15, 0.2) is 11.6 Å². The second kappa shape index (κ2) is 7.49. The molecule has 24 heavy (non-hydrogen) atoms. The monoisotopic (exact) mass is 326 g/mol. The lowest BCUT2D eigenvalue weighted by Crippen LogP contribution is -2.16. The van der Waals surface area contributed by atoms with Gasteiger partial charge in [-0.1, -0.05) is 30.3 Å². The first kappa shape index (κ1) is 16.5. The van der Waals surface area contributed by atoms with Crippen LogP contribution in [0.3, 0.4) is 0 Å². The Bertz CT molecular complexity index is 811. The van der Waals surface area contributed by atoms with Gasteiger partial charge < -0.3 is 14.6 Å². The lowest BCUT2D eigenvalue weighted by molar-refractivity contribution is 0.391. The predicted molar refractivity (Wildman–Crippen MR) is 96.0 cm³/mol. The number of fused-ring (bicyclic) bond motifs is 1. The lowest BCUT2D eigenvalue weighted by Gasteiger charge is -2.08. The molecule has 0 aliphatic heterocycles. The molecule has 0 unspecified atom stereocenters. The van der Waals surface area contributed by atoms with E-state index in [1.54, 1.807) is 0 Å². The first-order valence-electron chi connectivity index (χ1n) is 8.33. The van der Waals surface area contributed by atoms with Gasteiger partial charge in [0, 0.05) is 24.7 Å². The van der Waals surface area contributed by atoms with Gasteiger partial charge in [0.25, 0.3) is 0 Å². The average Bonchev–Trinajstić information content (AvgIpc) is 2.97. The first-order valence-corrected chi connectivity index (χ1v) is 8.33. The Morgan fingerprint density at radius 1 is 1.12 bits per heavy atom. The van der Waals surface area contributed by atoms with Gasteiger partial charge in [0.2, 0.25) is 0 Å². The maximum absolute atomic E-state index is 14.1. The number of halogens is 1. The topological polar surface area (TPSA) is 26.2 Å². The van der Waals surface area contributed by atoms with Crippen molar-refractivity contribution in [3.63, 3.8) is 0 Å². The Kier molecular flexibility index (Phi) is 5.16.